The topological polar surface area (TPSA) is 96.2 Å². The van der Waals surface area contributed by atoms with E-state index in [9.17, 15) is 8.42 Å². The van der Waals surface area contributed by atoms with E-state index < -0.39 is 21.7 Å². The Balaban J connectivity index is 1.99. The predicted molar refractivity (Wildman–Crippen MR) is 128 cm³/mol. The van der Waals surface area contributed by atoms with E-state index >= 15 is 4.39 Å². The van der Waals surface area contributed by atoms with E-state index in [0.717, 1.165) is 6.26 Å². The van der Waals surface area contributed by atoms with E-state index in [1.54, 1.807) is 18.5 Å². The largest absolute Gasteiger partial charge is 0.480 e. The third-order valence-corrected chi connectivity index (χ3v) is 7.74. The summed E-state index contributed by atoms with van der Waals surface area (Å²) in [6.45, 7) is 1.05. The summed E-state index contributed by atoms with van der Waals surface area (Å²) in [6.07, 6.45) is 6.93. The Bertz CT molecular complexity index is 1500. The molecule has 0 amide bonds. The maximum absolute atomic E-state index is 15.3. The summed E-state index contributed by atoms with van der Waals surface area (Å²) < 4.78 is 54.7. The first-order valence-corrected chi connectivity index (χ1v) is 13.4. The van der Waals surface area contributed by atoms with Gasteiger partial charge in [-0.3, -0.25) is 9.97 Å². The zero-order chi connectivity index (χ0) is 24.0. The molecular formula is C23H22BrFN4O4S. The van der Waals surface area contributed by atoms with Crippen molar-refractivity contribution in [3.63, 3.8) is 0 Å². The van der Waals surface area contributed by atoms with Gasteiger partial charge in [-0.2, -0.15) is 0 Å². The van der Waals surface area contributed by atoms with Crippen LogP contribution >= 0.6 is 15.9 Å². The fourth-order valence-corrected chi connectivity index (χ4v) is 5.88. The molecule has 0 aromatic carbocycles. The third-order valence-electron chi connectivity index (χ3n) is 6.21. The molecule has 5 heterocycles. The molecule has 0 saturated carbocycles. The summed E-state index contributed by atoms with van der Waals surface area (Å²) in [5, 5.41) is 0.460. The van der Waals surface area contributed by atoms with Gasteiger partial charge in [0.25, 0.3) is 0 Å². The highest BCUT2D eigenvalue weighted by atomic mass is 79.9. The molecule has 4 aromatic rings. The van der Waals surface area contributed by atoms with E-state index in [1.807, 2.05) is 10.6 Å². The average molecular weight is 549 g/mol. The molecule has 4 aromatic heterocycles. The number of halogens is 2. The van der Waals surface area contributed by atoms with E-state index in [0.29, 0.717) is 52.5 Å². The van der Waals surface area contributed by atoms with Gasteiger partial charge in [0.1, 0.15) is 16.2 Å². The Hall–Kier alpha value is -2.63. The summed E-state index contributed by atoms with van der Waals surface area (Å²) in [5.41, 5.74) is 1.75. The lowest BCUT2D eigenvalue weighted by Crippen LogP contribution is -2.28. The van der Waals surface area contributed by atoms with Crippen LogP contribution in [-0.2, 0) is 14.6 Å². The van der Waals surface area contributed by atoms with Gasteiger partial charge >= 0.3 is 0 Å². The Morgan fingerprint density at radius 2 is 2.00 bits per heavy atom. The van der Waals surface area contributed by atoms with Crippen LogP contribution in [0.4, 0.5) is 4.39 Å². The predicted octanol–water partition coefficient (Wildman–Crippen LogP) is 4.31. The Morgan fingerprint density at radius 3 is 2.68 bits per heavy atom. The van der Waals surface area contributed by atoms with Crippen molar-refractivity contribution >= 4 is 47.7 Å². The molecule has 11 heteroatoms. The molecule has 1 fully saturated rings. The van der Waals surface area contributed by atoms with Crippen LogP contribution < -0.4 is 4.74 Å². The van der Waals surface area contributed by atoms with E-state index in [4.69, 9.17) is 9.47 Å². The van der Waals surface area contributed by atoms with Gasteiger partial charge in [0.2, 0.25) is 5.88 Å². The first kappa shape index (κ1) is 23.1. The van der Waals surface area contributed by atoms with Crippen LogP contribution in [0.2, 0.25) is 0 Å². The molecule has 1 unspecified atom stereocenters. The van der Waals surface area contributed by atoms with Crippen molar-refractivity contribution in [1.82, 2.24) is 19.5 Å². The normalized spacial score (nSPS) is 16.2. The van der Waals surface area contributed by atoms with Crippen molar-refractivity contribution < 1.29 is 22.3 Å². The molecule has 5 rings (SSSR count). The number of ether oxygens (including phenoxy) is 2. The van der Waals surface area contributed by atoms with Crippen LogP contribution in [0.5, 0.6) is 5.88 Å². The minimum atomic E-state index is -3.71. The molecule has 34 heavy (non-hydrogen) atoms. The highest BCUT2D eigenvalue weighted by Gasteiger charge is 2.35. The van der Waals surface area contributed by atoms with E-state index in [-0.39, 0.29) is 22.4 Å². The van der Waals surface area contributed by atoms with Crippen molar-refractivity contribution in [3.05, 3.63) is 52.8 Å². The first-order valence-electron chi connectivity index (χ1n) is 10.7. The van der Waals surface area contributed by atoms with Gasteiger partial charge in [-0.15, -0.1) is 0 Å². The standard InChI is InChI=1S/C23H22BrFN4O4S/c1-32-23-18-20-16(10-14(24)11-27-20)29(22(18)17(12-28-23)34(2,30)31)21(13-5-8-33-9-6-13)19-15(25)4-3-7-26-19/h3-4,7,10-13,21H,5-6,8-9H2,1-2H3. The highest BCUT2D eigenvalue weighted by Crippen LogP contribution is 2.44. The molecule has 8 nitrogen and oxygen atoms in total. The Morgan fingerprint density at radius 1 is 1.24 bits per heavy atom. The molecule has 0 N–H and O–H groups in total. The van der Waals surface area contributed by atoms with Crippen molar-refractivity contribution in [2.75, 3.05) is 26.6 Å². The van der Waals surface area contributed by atoms with Crippen LogP contribution in [0.1, 0.15) is 24.6 Å². The fraction of sp³-hybridized carbons (Fsp3) is 0.348. The second kappa shape index (κ2) is 8.86. The van der Waals surface area contributed by atoms with Gasteiger partial charge in [0.15, 0.2) is 9.84 Å². The van der Waals surface area contributed by atoms with Crippen molar-refractivity contribution in [2.24, 2.45) is 5.92 Å². The second-order valence-electron chi connectivity index (χ2n) is 8.28. The van der Waals surface area contributed by atoms with Gasteiger partial charge in [-0.05, 0) is 52.9 Å². The molecule has 1 atom stereocenters. The van der Waals surface area contributed by atoms with Crippen molar-refractivity contribution in [3.8, 4) is 5.88 Å². The van der Waals surface area contributed by atoms with Crippen LogP contribution in [0.25, 0.3) is 21.9 Å². The molecular weight excluding hydrogens is 527 g/mol. The molecule has 0 spiro atoms. The van der Waals surface area contributed by atoms with Crippen molar-refractivity contribution in [1.29, 1.82) is 0 Å². The molecule has 1 saturated heterocycles. The summed E-state index contributed by atoms with van der Waals surface area (Å²) in [7, 11) is -2.24. The van der Waals surface area contributed by atoms with Crippen molar-refractivity contribution in [2.45, 2.75) is 23.8 Å². The number of fused-ring (bicyclic) bond motifs is 3. The van der Waals surface area contributed by atoms with Gasteiger partial charge in [0, 0.05) is 36.3 Å². The van der Waals surface area contributed by atoms with Gasteiger partial charge in [-0.1, -0.05) is 0 Å². The number of nitrogens with zero attached hydrogens (tertiary/aromatic N) is 4. The maximum Gasteiger partial charge on any atom is 0.224 e. The SMILES string of the molecule is COc1ncc(S(C)(=O)=O)c2c1c1ncc(Br)cc1n2C(c1ncccc1F)C1CCOCC1. The zero-order valence-electron chi connectivity index (χ0n) is 18.5. The molecule has 0 bridgehead atoms. The third kappa shape index (κ3) is 3.85. The van der Waals surface area contributed by atoms with Gasteiger partial charge in [0.05, 0.1) is 41.5 Å². The van der Waals surface area contributed by atoms with Crippen LogP contribution in [0, 0.1) is 11.7 Å². The molecule has 1 aliphatic rings. The smallest absolute Gasteiger partial charge is 0.224 e. The number of pyridine rings is 3. The number of hydrogen-bond acceptors (Lipinski definition) is 7. The average Bonchev–Trinajstić information content (AvgIpc) is 3.14. The quantitative estimate of drug-likeness (QED) is 0.366. The van der Waals surface area contributed by atoms with Crippen LogP contribution in [0.3, 0.4) is 0 Å². The monoisotopic (exact) mass is 548 g/mol. The lowest BCUT2D eigenvalue weighted by molar-refractivity contribution is 0.0542. The highest BCUT2D eigenvalue weighted by molar-refractivity contribution is 9.10. The second-order valence-corrected chi connectivity index (χ2v) is 11.2. The lowest BCUT2D eigenvalue weighted by atomic mass is 9.88. The fourth-order valence-electron chi connectivity index (χ4n) is 4.76. The molecule has 0 radical (unpaired) electrons. The number of sulfone groups is 1. The summed E-state index contributed by atoms with van der Waals surface area (Å²) in [4.78, 5) is 13.3. The van der Waals surface area contributed by atoms with Gasteiger partial charge in [-0.25, -0.2) is 17.8 Å². The molecule has 1 aliphatic heterocycles. The van der Waals surface area contributed by atoms with Crippen LogP contribution in [-0.4, -0.2) is 54.5 Å². The summed E-state index contributed by atoms with van der Waals surface area (Å²) in [6, 6.07) is 4.16. The molecule has 0 aliphatic carbocycles. The summed E-state index contributed by atoms with van der Waals surface area (Å²) in [5.74, 6) is -0.269. The Labute approximate surface area is 204 Å². The van der Waals surface area contributed by atoms with E-state index in [1.165, 1.54) is 19.4 Å². The first-order chi connectivity index (χ1) is 16.3. The minimum absolute atomic E-state index is 0.0193. The maximum atomic E-state index is 15.3. The Kier molecular flexibility index (Phi) is 6.03. The van der Waals surface area contributed by atoms with Gasteiger partial charge < -0.3 is 14.0 Å². The number of hydrogen-bond donors (Lipinski definition) is 0. The van der Waals surface area contributed by atoms with E-state index in [2.05, 4.69) is 30.9 Å². The summed E-state index contributed by atoms with van der Waals surface area (Å²) >= 11 is 3.48. The minimum Gasteiger partial charge on any atom is -0.480 e. The number of aromatic nitrogens is 4. The number of methoxy groups -OCH3 is 1. The zero-order valence-corrected chi connectivity index (χ0v) is 20.9. The lowest BCUT2D eigenvalue weighted by Gasteiger charge is -2.32. The number of rotatable bonds is 5. The molecule has 178 valence electrons. The van der Waals surface area contributed by atoms with Crippen LogP contribution in [0.15, 0.2) is 46.2 Å².